The van der Waals surface area contributed by atoms with Crippen LogP contribution in [0.5, 0.6) is 0 Å². The van der Waals surface area contributed by atoms with Crippen LogP contribution in [0.4, 0.5) is 0 Å². The fourth-order valence-electron chi connectivity index (χ4n) is 2.10. The lowest BCUT2D eigenvalue weighted by Gasteiger charge is -2.12. The van der Waals surface area contributed by atoms with Crippen LogP contribution in [-0.4, -0.2) is 19.6 Å². The van der Waals surface area contributed by atoms with Crippen molar-refractivity contribution in [2.24, 2.45) is 11.7 Å². The molecule has 1 rings (SSSR count). The summed E-state index contributed by atoms with van der Waals surface area (Å²) < 4.78 is 0. The lowest BCUT2D eigenvalue weighted by Crippen LogP contribution is -2.22. The fourth-order valence-corrected chi connectivity index (χ4v) is 2.10. The van der Waals surface area contributed by atoms with Crippen LogP contribution in [0.1, 0.15) is 35.6 Å². The van der Waals surface area contributed by atoms with E-state index in [2.05, 4.69) is 45.1 Å². The number of rotatable bonds is 7. The van der Waals surface area contributed by atoms with Crippen molar-refractivity contribution in [2.45, 2.75) is 40.5 Å². The summed E-state index contributed by atoms with van der Waals surface area (Å²) in [6.07, 6.45) is 2.28. The molecular weight excluding hydrogens is 220 g/mol. The molecule has 0 aromatic heterocycles. The lowest BCUT2D eigenvalue weighted by atomic mass is 9.97. The van der Waals surface area contributed by atoms with Gasteiger partial charge in [0, 0.05) is 0 Å². The third kappa shape index (κ3) is 4.43. The van der Waals surface area contributed by atoms with Crippen LogP contribution in [0.25, 0.3) is 0 Å². The highest BCUT2D eigenvalue weighted by atomic mass is 14.8. The molecular formula is C16H28N2. The zero-order chi connectivity index (χ0) is 13.5. The second-order valence-electron chi connectivity index (χ2n) is 5.42. The van der Waals surface area contributed by atoms with Gasteiger partial charge >= 0.3 is 0 Å². The Balaban J connectivity index is 2.34. The van der Waals surface area contributed by atoms with Crippen molar-refractivity contribution in [1.82, 2.24) is 5.32 Å². The monoisotopic (exact) mass is 248 g/mol. The minimum absolute atomic E-state index is 0.626. The molecule has 0 spiro atoms. The molecule has 1 aromatic rings. The first-order valence-electron chi connectivity index (χ1n) is 7.02. The van der Waals surface area contributed by atoms with E-state index in [9.17, 15) is 0 Å². The molecule has 102 valence electrons. The molecule has 0 heterocycles. The first-order valence-corrected chi connectivity index (χ1v) is 7.02. The van der Waals surface area contributed by atoms with Gasteiger partial charge in [-0.05, 0) is 81.4 Å². The van der Waals surface area contributed by atoms with E-state index in [1.54, 1.807) is 0 Å². The van der Waals surface area contributed by atoms with Gasteiger partial charge in [-0.25, -0.2) is 0 Å². The Morgan fingerprint density at radius 2 is 1.83 bits per heavy atom. The highest BCUT2D eigenvalue weighted by Gasteiger charge is 2.03. The average Bonchev–Trinajstić information content (AvgIpc) is 2.37. The van der Waals surface area contributed by atoms with Crippen LogP contribution in [0, 0.1) is 26.7 Å². The highest BCUT2D eigenvalue weighted by Crippen LogP contribution is 2.17. The Morgan fingerprint density at radius 1 is 1.11 bits per heavy atom. The zero-order valence-electron chi connectivity index (χ0n) is 12.3. The summed E-state index contributed by atoms with van der Waals surface area (Å²) >= 11 is 0. The van der Waals surface area contributed by atoms with Crippen LogP contribution >= 0.6 is 0 Å². The molecule has 0 fully saturated rings. The van der Waals surface area contributed by atoms with Gasteiger partial charge in [-0.15, -0.1) is 0 Å². The van der Waals surface area contributed by atoms with Gasteiger partial charge in [0.15, 0.2) is 0 Å². The maximum atomic E-state index is 5.60. The molecule has 0 aliphatic carbocycles. The zero-order valence-corrected chi connectivity index (χ0v) is 12.3. The van der Waals surface area contributed by atoms with Crippen molar-refractivity contribution in [3.8, 4) is 0 Å². The number of nitrogens with two attached hydrogens (primary N) is 1. The predicted molar refractivity (Wildman–Crippen MR) is 80.1 cm³/mol. The van der Waals surface area contributed by atoms with Gasteiger partial charge in [-0.1, -0.05) is 19.1 Å². The number of hydrogen-bond donors (Lipinski definition) is 2. The molecule has 0 aliphatic heterocycles. The van der Waals surface area contributed by atoms with Crippen molar-refractivity contribution >= 4 is 0 Å². The molecule has 0 aliphatic rings. The van der Waals surface area contributed by atoms with E-state index in [-0.39, 0.29) is 0 Å². The molecule has 1 unspecified atom stereocenters. The van der Waals surface area contributed by atoms with Gasteiger partial charge in [0.25, 0.3) is 0 Å². The average molecular weight is 248 g/mol. The Morgan fingerprint density at radius 3 is 2.50 bits per heavy atom. The molecule has 0 saturated carbocycles. The van der Waals surface area contributed by atoms with E-state index in [1.165, 1.54) is 28.7 Å². The van der Waals surface area contributed by atoms with Crippen molar-refractivity contribution in [3.63, 3.8) is 0 Å². The van der Waals surface area contributed by atoms with Crippen LogP contribution in [0.15, 0.2) is 12.1 Å². The highest BCUT2D eigenvalue weighted by molar-refractivity contribution is 5.38. The summed E-state index contributed by atoms with van der Waals surface area (Å²) in [6, 6.07) is 4.50. The number of nitrogens with one attached hydrogen (secondary N) is 1. The van der Waals surface area contributed by atoms with Crippen LogP contribution in [-0.2, 0) is 6.42 Å². The van der Waals surface area contributed by atoms with Gasteiger partial charge in [0.2, 0.25) is 0 Å². The van der Waals surface area contributed by atoms with E-state index in [4.69, 9.17) is 5.73 Å². The molecule has 3 N–H and O–H groups in total. The first kappa shape index (κ1) is 15.2. The molecule has 0 radical (unpaired) electrons. The molecule has 0 saturated heterocycles. The molecule has 18 heavy (non-hydrogen) atoms. The van der Waals surface area contributed by atoms with Crippen molar-refractivity contribution < 1.29 is 0 Å². The second-order valence-corrected chi connectivity index (χ2v) is 5.42. The van der Waals surface area contributed by atoms with Gasteiger partial charge < -0.3 is 11.1 Å². The SMILES string of the molecule is Cc1ccc(CCNCCC(C)CN)c(C)c1C. The van der Waals surface area contributed by atoms with Crippen molar-refractivity contribution in [3.05, 3.63) is 34.4 Å². The third-order valence-corrected chi connectivity index (χ3v) is 3.96. The minimum atomic E-state index is 0.626. The van der Waals surface area contributed by atoms with E-state index in [0.29, 0.717) is 5.92 Å². The fraction of sp³-hybridized carbons (Fsp3) is 0.625. The molecule has 1 atom stereocenters. The summed E-state index contributed by atoms with van der Waals surface area (Å²) in [5.41, 5.74) is 11.3. The largest absolute Gasteiger partial charge is 0.330 e. The summed E-state index contributed by atoms with van der Waals surface area (Å²) in [5.74, 6) is 0.626. The standard InChI is InChI=1S/C16H28N2/c1-12(11-17)7-9-18-10-8-16-6-5-13(2)14(3)15(16)4/h5-6,12,18H,7-11,17H2,1-4H3. The number of aryl methyl sites for hydroxylation is 1. The predicted octanol–water partition coefficient (Wildman–Crippen LogP) is 2.73. The van der Waals surface area contributed by atoms with Gasteiger partial charge in [-0.3, -0.25) is 0 Å². The van der Waals surface area contributed by atoms with E-state index < -0.39 is 0 Å². The van der Waals surface area contributed by atoms with Crippen molar-refractivity contribution in [1.29, 1.82) is 0 Å². The molecule has 2 nitrogen and oxygen atoms in total. The maximum absolute atomic E-state index is 5.60. The Hall–Kier alpha value is -0.860. The lowest BCUT2D eigenvalue weighted by molar-refractivity contribution is 0.511. The van der Waals surface area contributed by atoms with E-state index in [1.807, 2.05) is 0 Å². The van der Waals surface area contributed by atoms with Crippen LogP contribution in [0.3, 0.4) is 0 Å². The van der Waals surface area contributed by atoms with E-state index in [0.717, 1.165) is 26.1 Å². The van der Waals surface area contributed by atoms with Crippen molar-refractivity contribution in [2.75, 3.05) is 19.6 Å². The third-order valence-electron chi connectivity index (χ3n) is 3.96. The topological polar surface area (TPSA) is 38.0 Å². The van der Waals surface area contributed by atoms with Gasteiger partial charge in [-0.2, -0.15) is 0 Å². The minimum Gasteiger partial charge on any atom is -0.330 e. The molecule has 0 bridgehead atoms. The van der Waals surface area contributed by atoms with Crippen LogP contribution in [0.2, 0.25) is 0 Å². The summed E-state index contributed by atoms with van der Waals surface area (Å²) in [7, 11) is 0. The van der Waals surface area contributed by atoms with Gasteiger partial charge in [0.05, 0.1) is 0 Å². The quantitative estimate of drug-likeness (QED) is 0.728. The molecule has 1 aromatic carbocycles. The maximum Gasteiger partial charge on any atom is -0.000825 e. The van der Waals surface area contributed by atoms with Crippen LogP contribution < -0.4 is 11.1 Å². The smallest absolute Gasteiger partial charge is 0.000825 e. The summed E-state index contributed by atoms with van der Waals surface area (Å²) in [4.78, 5) is 0. The number of benzene rings is 1. The Bertz CT molecular complexity index is 372. The Kier molecular flexibility index (Phi) is 6.37. The Labute approximate surface area is 112 Å². The first-order chi connectivity index (χ1) is 8.56. The van der Waals surface area contributed by atoms with E-state index >= 15 is 0 Å². The molecule has 2 heteroatoms. The summed E-state index contributed by atoms with van der Waals surface area (Å²) in [5, 5.41) is 3.50. The normalized spacial score (nSPS) is 12.7. The summed E-state index contributed by atoms with van der Waals surface area (Å²) in [6.45, 7) is 11.7. The molecule has 0 amide bonds. The van der Waals surface area contributed by atoms with Gasteiger partial charge in [0.1, 0.15) is 0 Å². The second kappa shape index (κ2) is 7.55. The number of hydrogen-bond acceptors (Lipinski definition) is 2.